The van der Waals surface area contributed by atoms with Gasteiger partial charge in [-0.15, -0.1) is 0 Å². The predicted molar refractivity (Wildman–Crippen MR) is 71.8 cm³/mol. The van der Waals surface area contributed by atoms with Crippen molar-refractivity contribution in [2.75, 3.05) is 26.7 Å². The second kappa shape index (κ2) is 7.29. The highest BCUT2D eigenvalue weighted by Gasteiger charge is 2.25. The van der Waals surface area contributed by atoms with Crippen LogP contribution < -0.4 is 5.32 Å². The maximum absolute atomic E-state index is 3.69. The molecule has 2 heteroatoms. The molecule has 1 aliphatic carbocycles. The zero-order chi connectivity index (χ0) is 12.0. The molecule has 0 aliphatic heterocycles. The minimum Gasteiger partial charge on any atom is -0.313 e. The lowest BCUT2D eigenvalue weighted by Crippen LogP contribution is -2.44. The summed E-state index contributed by atoms with van der Waals surface area (Å²) < 4.78 is 0. The van der Waals surface area contributed by atoms with Crippen molar-refractivity contribution < 1.29 is 0 Å². The minimum absolute atomic E-state index is 0.719. The molecule has 0 aromatic heterocycles. The maximum Gasteiger partial charge on any atom is 0.0222 e. The van der Waals surface area contributed by atoms with E-state index in [-0.39, 0.29) is 0 Å². The molecule has 1 N–H and O–H groups in total. The summed E-state index contributed by atoms with van der Waals surface area (Å²) in [5.41, 5.74) is 0. The van der Waals surface area contributed by atoms with E-state index in [4.69, 9.17) is 0 Å². The number of hydrogen-bond acceptors (Lipinski definition) is 2. The largest absolute Gasteiger partial charge is 0.313 e. The Kier molecular flexibility index (Phi) is 6.37. The van der Waals surface area contributed by atoms with Crippen molar-refractivity contribution in [1.29, 1.82) is 0 Å². The van der Waals surface area contributed by atoms with Crippen LogP contribution in [0.25, 0.3) is 0 Å². The first-order chi connectivity index (χ1) is 7.63. The summed E-state index contributed by atoms with van der Waals surface area (Å²) in [4.78, 5) is 2.50. The summed E-state index contributed by atoms with van der Waals surface area (Å²) in [7, 11) is 2.26. The summed E-state index contributed by atoms with van der Waals surface area (Å²) in [6.45, 7) is 10.4. The molecule has 1 atom stereocenters. The van der Waals surface area contributed by atoms with Gasteiger partial charge in [-0.1, -0.05) is 33.6 Å². The Balaban J connectivity index is 2.37. The summed E-state index contributed by atoms with van der Waals surface area (Å²) >= 11 is 0. The minimum atomic E-state index is 0.719. The second-order valence-electron chi connectivity index (χ2n) is 5.82. The zero-order valence-corrected chi connectivity index (χ0v) is 11.6. The molecule has 0 aromatic rings. The third-order valence-electron chi connectivity index (χ3n) is 3.62. The van der Waals surface area contributed by atoms with Crippen LogP contribution in [0.3, 0.4) is 0 Å². The molecular weight excluding hydrogens is 196 g/mol. The molecule has 16 heavy (non-hydrogen) atoms. The van der Waals surface area contributed by atoms with Gasteiger partial charge in [-0.25, -0.2) is 0 Å². The topological polar surface area (TPSA) is 15.3 Å². The first-order valence-electron chi connectivity index (χ1n) is 7.05. The van der Waals surface area contributed by atoms with Crippen LogP contribution >= 0.6 is 0 Å². The first kappa shape index (κ1) is 14.0. The van der Waals surface area contributed by atoms with E-state index in [2.05, 4.69) is 38.0 Å². The second-order valence-corrected chi connectivity index (χ2v) is 5.82. The first-order valence-corrected chi connectivity index (χ1v) is 7.05. The molecule has 1 unspecified atom stereocenters. The number of likely N-dealkylation sites (N-methyl/N-ethyl adjacent to an activating group) is 2. The van der Waals surface area contributed by atoms with Gasteiger partial charge in [0.1, 0.15) is 0 Å². The van der Waals surface area contributed by atoms with Gasteiger partial charge in [-0.2, -0.15) is 0 Å². The average molecular weight is 226 g/mol. The van der Waals surface area contributed by atoms with Crippen LogP contribution in [-0.2, 0) is 0 Å². The monoisotopic (exact) mass is 226 g/mol. The smallest absolute Gasteiger partial charge is 0.0222 e. The molecule has 0 aromatic carbocycles. The van der Waals surface area contributed by atoms with Gasteiger partial charge in [-0.05, 0) is 38.3 Å². The van der Waals surface area contributed by atoms with Crippen molar-refractivity contribution in [3.8, 4) is 0 Å². The van der Waals surface area contributed by atoms with Gasteiger partial charge in [0.05, 0.1) is 0 Å². The van der Waals surface area contributed by atoms with Gasteiger partial charge in [0.2, 0.25) is 0 Å². The Hall–Kier alpha value is -0.0800. The SMILES string of the molecule is CCNC(CN(C)CC(C)C)C1CCCC1. The molecule has 2 nitrogen and oxygen atoms in total. The summed E-state index contributed by atoms with van der Waals surface area (Å²) in [5, 5.41) is 3.69. The van der Waals surface area contributed by atoms with Gasteiger partial charge in [-0.3, -0.25) is 0 Å². The average Bonchev–Trinajstić information content (AvgIpc) is 2.68. The third-order valence-corrected chi connectivity index (χ3v) is 3.62. The van der Waals surface area contributed by atoms with Crippen LogP contribution in [0.15, 0.2) is 0 Å². The van der Waals surface area contributed by atoms with E-state index in [1.54, 1.807) is 0 Å². The van der Waals surface area contributed by atoms with Crippen molar-refractivity contribution in [2.24, 2.45) is 11.8 Å². The molecule has 1 fully saturated rings. The Morgan fingerprint density at radius 1 is 1.19 bits per heavy atom. The summed E-state index contributed by atoms with van der Waals surface area (Å²) in [5.74, 6) is 1.70. The standard InChI is InChI=1S/C14H30N2/c1-5-15-14(13-8-6-7-9-13)11-16(4)10-12(2)3/h12-15H,5-11H2,1-4H3. The molecule has 1 aliphatic rings. The lowest BCUT2D eigenvalue weighted by atomic mass is 9.97. The highest BCUT2D eigenvalue weighted by molar-refractivity contribution is 4.82. The molecule has 1 rings (SSSR count). The van der Waals surface area contributed by atoms with E-state index in [1.807, 2.05) is 0 Å². The Labute approximate surface area is 102 Å². The molecular formula is C14H30N2. The van der Waals surface area contributed by atoms with E-state index in [1.165, 1.54) is 38.8 Å². The van der Waals surface area contributed by atoms with Gasteiger partial charge >= 0.3 is 0 Å². The quantitative estimate of drug-likeness (QED) is 0.718. The lowest BCUT2D eigenvalue weighted by Gasteiger charge is -2.30. The fraction of sp³-hybridized carbons (Fsp3) is 1.00. The van der Waals surface area contributed by atoms with Crippen LogP contribution in [-0.4, -0.2) is 37.6 Å². The van der Waals surface area contributed by atoms with E-state index >= 15 is 0 Å². The summed E-state index contributed by atoms with van der Waals surface area (Å²) in [6.07, 6.45) is 5.77. The number of rotatable bonds is 7. The van der Waals surface area contributed by atoms with Crippen molar-refractivity contribution in [1.82, 2.24) is 10.2 Å². The van der Waals surface area contributed by atoms with Crippen molar-refractivity contribution >= 4 is 0 Å². The van der Waals surface area contributed by atoms with E-state index < -0.39 is 0 Å². The van der Waals surface area contributed by atoms with Gasteiger partial charge in [0.25, 0.3) is 0 Å². The van der Waals surface area contributed by atoms with Crippen LogP contribution in [0.2, 0.25) is 0 Å². The van der Waals surface area contributed by atoms with E-state index in [9.17, 15) is 0 Å². The molecule has 0 heterocycles. The fourth-order valence-electron chi connectivity index (χ4n) is 3.04. The predicted octanol–water partition coefficient (Wildman–Crippen LogP) is 2.74. The molecule has 96 valence electrons. The van der Waals surface area contributed by atoms with Crippen LogP contribution in [0.4, 0.5) is 0 Å². The number of nitrogens with one attached hydrogen (secondary N) is 1. The van der Waals surface area contributed by atoms with Crippen LogP contribution in [0, 0.1) is 11.8 Å². The fourth-order valence-corrected chi connectivity index (χ4v) is 3.04. The lowest BCUT2D eigenvalue weighted by molar-refractivity contribution is 0.225. The molecule has 0 spiro atoms. The summed E-state index contributed by atoms with van der Waals surface area (Å²) in [6, 6.07) is 0.719. The third kappa shape index (κ3) is 4.84. The van der Waals surface area contributed by atoms with Crippen LogP contribution in [0.5, 0.6) is 0 Å². The Morgan fingerprint density at radius 3 is 2.31 bits per heavy atom. The molecule has 0 bridgehead atoms. The van der Waals surface area contributed by atoms with Crippen molar-refractivity contribution in [3.63, 3.8) is 0 Å². The van der Waals surface area contributed by atoms with Crippen molar-refractivity contribution in [2.45, 2.75) is 52.5 Å². The number of nitrogens with zero attached hydrogens (tertiary/aromatic N) is 1. The molecule has 1 saturated carbocycles. The normalized spacial score (nSPS) is 19.9. The van der Waals surface area contributed by atoms with Gasteiger partial charge in [0, 0.05) is 19.1 Å². The molecule has 0 radical (unpaired) electrons. The van der Waals surface area contributed by atoms with Crippen molar-refractivity contribution in [3.05, 3.63) is 0 Å². The van der Waals surface area contributed by atoms with E-state index in [0.717, 1.165) is 24.4 Å². The van der Waals surface area contributed by atoms with E-state index in [0.29, 0.717) is 0 Å². The molecule has 0 saturated heterocycles. The maximum atomic E-state index is 3.69. The Morgan fingerprint density at radius 2 is 1.81 bits per heavy atom. The van der Waals surface area contributed by atoms with Gasteiger partial charge < -0.3 is 10.2 Å². The zero-order valence-electron chi connectivity index (χ0n) is 11.6. The highest BCUT2D eigenvalue weighted by Crippen LogP contribution is 2.28. The highest BCUT2D eigenvalue weighted by atomic mass is 15.1. The molecule has 0 amide bonds. The van der Waals surface area contributed by atoms with Crippen LogP contribution in [0.1, 0.15) is 46.5 Å². The Bertz CT molecular complexity index is 174. The van der Waals surface area contributed by atoms with Gasteiger partial charge in [0.15, 0.2) is 0 Å². The number of hydrogen-bond donors (Lipinski definition) is 1.